The van der Waals surface area contributed by atoms with Gasteiger partial charge in [0.15, 0.2) is 0 Å². The molecule has 0 aliphatic heterocycles. The number of benzene rings is 2. The van der Waals surface area contributed by atoms with Gasteiger partial charge in [-0.3, -0.25) is 0 Å². The highest BCUT2D eigenvalue weighted by Gasteiger charge is 2.09. The summed E-state index contributed by atoms with van der Waals surface area (Å²) in [4.78, 5) is 11.5. The summed E-state index contributed by atoms with van der Waals surface area (Å²) in [5.74, 6) is 1.04. The number of carbonyl (C=O) groups is 1. The Labute approximate surface area is 135 Å². The number of hydrogen-bond acceptors (Lipinski definition) is 6. The van der Waals surface area contributed by atoms with E-state index in [1.54, 1.807) is 32.4 Å². The van der Waals surface area contributed by atoms with Gasteiger partial charge in [0.1, 0.15) is 11.5 Å². The van der Waals surface area contributed by atoms with Crippen molar-refractivity contribution in [3.8, 4) is 11.5 Å². The Kier molecular flexibility index (Phi) is 5.30. The van der Waals surface area contributed by atoms with E-state index >= 15 is 0 Å². The second kappa shape index (κ2) is 7.40. The molecule has 0 fully saturated rings. The number of ether oxygens (including phenoxy) is 3. The molecule has 6 nitrogen and oxygen atoms in total. The van der Waals surface area contributed by atoms with Crippen molar-refractivity contribution in [2.45, 2.75) is 6.54 Å². The van der Waals surface area contributed by atoms with Gasteiger partial charge < -0.3 is 25.3 Å². The van der Waals surface area contributed by atoms with Crippen molar-refractivity contribution in [1.82, 2.24) is 0 Å². The van der Waals surface area contributed by atoms with E-state index in [1.807, 2.05) is 18.2 Å². The Bertz CT molecular complexity index is 701. The maximum atomic E-state index is 11.5. The third-order valence-electron chi connectivity index (χ3n) is 3.44. The smallest absolute Gasteiger partial charge is 0.337 e. The minimum Gasteiger partial charge on any atom is -0.497 e. The first kappa shape index (κ1) is 16.5. The van der Waals surface area contributed by atoms with E-state index in [0.29, 0.717) is 17.8 Å². The fraction of sp³-hybridized carbons (Fsp3) is 0.235. The molecule has 3 N–H and O–H groups in total. The predicted octanol–water partition coefficient (Wildman–Crippen LogP) is 2.68. The summed E-state index contributed by atoms with van der Waals surface area (Å²) in [7, 11) is 4.55. The average Bonchev–Trinajstić information content (AvgIpc) is 2.59. The summed E-state index contributed by atoms with van der Waals surface area (Å²) in [6.45, 7) is 0.523. The van der Waals surface area contributed by atoms with Gasteiger partial charge in [-0.25, -0.2) is 4.79 Å². The van der Waals surface area contributed by atoms with Crippen molar-refractivity contribution in [2.75, 3.05) is 32.4 Å². The van der Waals surface area contributed by atoms with Crippen LogP contribution in [0.4, 0.5) is 11.4 Å². The molecule has 0 heterocycles. The first-order valence-electron chi connectivity index (χ1n) is 7.01. The number of hydrogen-bond donors (Lipinski definition) is 2. The van der Waals surface area contributed by atoms with Gasteiger partial charge in [-0.05, 0) is 30.3 Å². The highest BCUT2D eigenvalue weighted by molar-refractivity contribution is 5.91. The van der Waals surface area contributed by atoms with E-state index < -0.39 is 5.97 Å². The van der Waals surface area contributed by atoms with Crippen molar-refractivity contribution >= 4 is 17.3 Å². The van der Waals surface area contributed by atoms with Crippen LogP contribution in [0.1, 0.15) is 15.9 Å². The lowest BCUT2D eigenvalue weighted by Crippen LogP contribution is -2.06. The van der Waals surface area contributed by atoms with Crippen LogP contribution < -0.4 is 20.5 Å². The molecule has 0 saturated heterocycles. The normalized spacial score (nSPS) is 10.0. The fourth-order valence-electron chi connectivity index (χ4n) is 2.16. The van der Waals surface area contributed by atoms with Crippen LogP contribution in [0.5, 0.6) is 11.5 Å². The average molecular weight is 316 g/mol. The molecule has 0 aliphatic carbocycles. The molecule has 0 bridgehead atoms. The first-order valence-corrected chi connectivity index (χ1v) is 7.01. The van der Waals surface area contributed by atoms with Crippen molar-refractivity contribution < 1.29 is 19.0 Å². The number of methoxy groups -OCH3 is 3. The van der Waals surface area contributed by atoms with Crippen LogP contribution in [0.3, 0.4) is 0 Å². The molecule has 0 spiro atoms. The van der Waals surface area contributed by atoms with E-state index in [4.69, 9.17) is 15.2 Å². The monoisotopic (exact) mass is 316 g/mol. The van der Waals surface area contributed by atoms with Gasteiger partial charge in [-0.2, -0.15) is 0 Å². The maximum absolute atomic E-state index is 11.5. The van der Waals surface area contributed by atoms with E-state index in [0.717, 1.165) is 22.7 Å². The Hall–Kier alpha value is -2.89. The summed E-state index contributed by atoms with van der Waals surface area (Å²) >= 11 is 0. The van der Waals surface area contributed by atoms with Gasteiger partial charge in [0, 0.05) is 18.2 Å². The molecule has 6 heteroatoms. The van der Waals surface area contributed by atoms with Gasteiger partial charge in [-0.15, -0.1) is 0 Å². The Morgan fingerprint density at radius 1 is 1.09 bits per heavy atom. The molecule has 0 amide bonds. The van der Waals surface area contributed by atoms with Crippen LogP contribution in [0, 0.1) is 0 Å². The first-order chi connectivity index (χ1) is 11.1. The molecule has 2 aromatic carbocycles. The minimum atomic E-state index is -0.417. The van der Waals surface area contributed by atoms with Crippen LogP contribution >= 0.6 is 0 Å². The van der Waals surface area contributed by atoms with Gasteiger partial charge in [0.25, 0.3) is 0 Å². The lowest BCUT2D eigenvalue weighted by Gasteiger charge is -2.13. The summed E-state index contributed by atoms with van der Waals surface area (Å²) in [6, 6.07) is 10.6. The van der Waals surface area contributed by atoms with Crippen LogP contribution in [0.2, 0.25) is 0 Å². The second-order valence-corrected chi connectivity index (χ2v) is 4.82. The standard InChI is InChI=1S/C17H20N2O4/c1-21-13-6-4-12(16(9-13)22-2)10-19-15-7-5-11(8-14(15)18)17(20)23-3/h4-9,19H,10,18H2,1-3H3. The highest BCUT2D eigenvalue weighted by atomic mass is 16.5. The van der Waals surface area contributed by atoms with Gasteiger partial charge in [-0.1, -0.05) is 0 Å². The van der Waals surface area contributed by atoms with E-state index in [9.17, 15) is 4.79 Å². The quantitative estimate of drug-likeness (QED) is 0.630. The molecule has 23 heavy (non-hydrogen) atoms. The summed E-state index contributed by atoms with van der Waals surface area (Å²) < 4.78 is 15.2. The van der Waals surface area contributed by atoms with E-state index in [-0.39, 0.29) is 0 Å². The molecule has 0 saturated carbocycles. The molecular formula is C17H20N2O4. The molecule has 0 atom stereocenters. The maximum Gasteiger partial charge on any atom is 0.337 e. The number of anilines is 2. The van der Waals surface area contributed by atoms with Crippen molar-refractivity contribution in [2.24, 2.45) is 0 Å². The van der Waals surface area contributed by atoms with Crippen molar-refractivity contribution in [3.63, 3.8) is 0 Å². The lowest BCUT2D eigenvalue weighted by atomic mass is 10.1. The molecule has 0 unspecified atom stereocenters. The lowest BCUT2D eigenvalue weighted by molar-refractivity contribution is 0.0601. The third kappa shape index (κ3) is 3.85. The van der Waals surface area contributed by atoms with E-state index in [1.165, 1.54) is 7.11 Å². The minimum absolute atomic E-state index is 0.414. The summed E-state index contributed by atoms with van der Waals surface area (Å²) in [5, 5.41) is 3.23. The van der Waals surface area contributed by atoms with E-state index in [2.05, 4.69) is 10.1 Å². The van der Waals surface area contributed by atoms with Crippen LogP contribution in [0.15, 0.2) is 36.4 Å². The predicted molar refractivity (Wildman–Crippen MR) is 89.1 cm³/mol. The second-order valence-electron chi connectivity index (χ2n) is 4.82. The van der Waals surface area contributed by atoms with Crippen LogP contribution in [-0.2, 0) is 11.3 Å². The van der Waals surface area contributed by atoms with Crippen molar-refractivity contribution in [1.29, 1.82) is 0 Å². The zero-order valence-electron chi connectivity index (χ0n) is 13.4. The Balaban J connectivity index is 2.13. The molecule has 2 rings (SSSR count). The zero-order chi connectivity index (χ0) is 16.8. The number of carbonyl (C=O) groups excluding carboxylic acids is 1. The van der Waals surface area contributed by atoms with Gasteiger partial charge in [0.2, 0.25) is 0 Å². The molecule has 0 aliphatic rings. The largest absolute Gasteiger partial charge is 0.497 e. The molecular weight excluding hydrogens is 296 g/mol. The zero-order valence-corrected chi connectivity index (χ0v) is 13.4. The van der Waals surface area contributed by atoms with Crippen LogP contribution in [0.25, 0.3) is 0 Å². The molecule has 2 aromatic rings. The number of rotatable bonds is 6. The van der Waals surface area contributed by atoms with Gasteiger partial charge in [0.05, 0.1) is 38.3 Å². The molecule has 0 aromatic heterocycles. The summed E-state index contributed by atoms with van der Waals surface area (Å²) in [5.41, 5.74) is 8.55. The van der Waals surface area contributed by atoms with Crippen LogP contribution in [-0.4, -0.2) is 27.3 Å². The molecule has 0 radical (unpaired) electrons. The Morgan fingerprint density at radius 3 is 2.48 bits per heavy atom. The number of esters is 1. The number of nitrogens with two attached hydrogens (primary N) is 1. The number of nitrogens with one attached hydrogen (secondary N) is 1. The molecule has 122 valence electrons. The van der Waals surface area contributed by atoms with Crippen molar-refractivity contribution in [3.05, 3.63) is 47.5 Å². The topological polar surface area (TPSA) is 82.8 Å². The van der Waals surface area contributed by atoms with Gasteiger partial charge >= 0.3 is 5.97 Å². The summed E-state index contributed by atoms with van der Waals surface area (Å²) in [6.07, 6.45) is 0. The Morgan fingerprint density at radius 2 is 1.87 bits per heavy atom. The third-order valence-corrected chi connectivity index (χ3v) is 3.44. The highest BCUT2D eigenvalue weighted by Crippen LogP contribution is 2.27. The fourth-order valence-corrected chi connectivity index (χ4v) is 2.16. The SMILES string of the molecule is COC(=O)c1ccc(NCc2ccc(OC)cc2OC)c(N)c1. The number of nitrogen functional groups attached to an aromatic ring is 1.